The fourth-order valence-corrected chi connectivity index (χ4v) is 2.28. The molecular formula is C16H25N3O4. The van der Waals surface area contributed by atoms with Crippen molar-refractivity contribution in [3.05, 3.63) is 18.0 Å². The van der Waals surface area contributed by atoms with E-state index in [-0.39, 0.29) is 18.2 Å². The van der Waals surface area contributed by atoms with Crippen LogP contribution in [0.5, 0.6) is 6.01 Å². The van der Waals surface area contributed by atoms with Gasteiger partial charge in [0.05, 0.1) is 11.8 Å². The number of ether oxygens (including phenoxy) is 2. The van der Waals surface area contributed by atoms with Crippen molar-refractivity contribution in [1.29, 1.82) is 0 Å². The largest absolute Gasteiger partial charge is 0.460 e. The van der Waals surface area contributed by atoms with Gasteiger partial charge in [0.15, 0.2) is 0 Å². The summed E-state index contributed by atoms with van der Waals surface area (Å²) >= 11 is 0. The third-order valence-corrected chi connectivity index (χ3v) is 3.45. The lowest BCUT2D eigenvalue weighted by atomic mass is 10.1. The van der Waals surface area contributed by atoms with Crippen molar-refractivity contribution in [2.24, 2.45) is 0 Å². The first-order chi connectivity index (χ1) is 10.7. The standard InChI is InChI=1S/C16H25N3O4/c1-11(20)13-5-8-17-14(18-13)22-12-6-9-19(10-7-12)15(21)23-16(2,3)4/h5,8,11-12,20H,6-7,9-10H2,1-4H3/t11-/m0/s1. The minimum absolute atomic E-state index is 0.0436. The van der Waals surface area contributed by atoms with Gasteiger partial charge in [0.2, 0.25) is 0 Å². The summed E-state index contributed by atoms with van der Waals surface area (Å²) in [6.07, 6.45) is 1.97. The number of nitrogens with zero attached hydrogens (tertiary/aromatic N) is 3. The van der Waals surface area contributed by atoms with E-state index in [9.17, 15) is 9.90 Å². The van der Waals surface area contributed by atoms with Gasteiger partial charge in [-0.15, -0.1) is 0 Å². The molecule has 0 aromatic carbocycles. The predicted octanol–water partition coefficient (Wildman–Crippen LogP) is 2.31. The number of amides is 1. The minimum Gasteiger partial charge on any atom is -0.460 e. The van der Waals surface area contributed by atoms with Crippen molar-refractivity contribution in [3.8, 4) is 6.01 Å². The lowest BCUT2D eigenvalue weighted by Crippen LogP contribution is -2.44. The minimum atomic E-state index is -0.658. The highest BCUT2D eigenvalue weighted by atomic mass is 16.6. The van der Waals surface area contributed by atoms with E-state index >= 15 is 0 Å². The number of rotatable bonds is 3. The Labute approximate surface area is 136 Å². The molecule has 2 rings (SSSR count). The van der Waals surface area contributed by atoms with Crippen LogP contribution in [0.1, 0.15) is 52.3 Å². The molecule has 0 unspecified atom stereocenters. The molecule has 1 amide bonds. The number of aromatic nitrogens is 2. The molecule has 1 saturated heterocycles. The molecule has 0 saturated carbocycles. The second kappa shape index (κ2) is 7.12. The third kappa shape index (κ3) is 5.35. The monoisotopic (exact) mass is 323 g/mol. The molecule has 0 spiro atoms. The Kier molecular flexibility index (Phi) is 5.41. The number of piperidine rings is 1. The van der Waals surface area contributed by atoms with Crippen LogP contribution < -0.4 is 4.74 Å². The van der Waals surface area contributed by atoms with Crippen LogP contribution in [0.3, 0.4) is 0 Å². The second-order valence-electron chi connectivity index (χ2n) is 6.72. The average Bonchev–Trinajstić information content (AvgIpc) is 2.46. The zero-order chi connectivity index (χ0) is 17.0. The van der Waals surface area contributed by atoms with E-state index in [4.69, 9.17) is 9.47 Å². The summed E-state index contributed by atoms with van der Waals surface area (Å²) in [5, 5.41) is 9.54. The smallest absolute Gasteiger partial charge is 0.410 e. The van der Waals surface area contributed by atoms with E-state index in [1.807, 2.05) is 20.8 Å². The van der Waals surface area contributed by atoms with E-state index < -0.39 is 11.7 Å². The number of aliphatic hydroxyl groups excluding tert-OH is 1. The van der Waals surface area contributed by atoms with Gasteiger partial charge in [-0.25, -0.2) is 9.78 Å². The molecule has 128 valence electrons. The number of likely N-dealkylation sites (tertiary alicyclic amines) is 1. The van der Waals surface area contributed by atoms with Gasteiger partial charge in [-0.05, 0) is 33.8 Å². The SMILES string of the molecule is C[C@H](O)c1ccnc(OC2CCN(C(=O)OC(C)(C)C)CC2)n1. The Morgan fingerprint density at radius 1 is 1.39 bits per heavy atom. The van der Waals surface area contributed by atoms with Crippen LogP contribution in [-0.4, -0.2) is 50.9 Å². The Morgan fingerprint density at radius 2 is 2.04 bits per heavy atom. The summed E-state index contributed by atoms with van der Waals surface area (Å²) in [4.78, 5) is 22.0. The maximum Gasteiger partial charge on any atom is 0.410 e. The first kappa shape index (κ1) is 17.5. The van der Waals surface area contributed by atoms with Crippen molar-refractivity contribution in [2.75, 3.05) is 13.1 Å². The summed E-state index contributed by atoms with van der Waals surface area (Å²) in [6.45, 7) is 8.37. The quantitative estimate of drug-likeness (QED) is 0.919. The lowest BCUT2D eigenvalue weighted by molar-refractivity contribution is 0.0118. The van der Waals surface area contributed by atoms with Crippen LogP contribution in [0.4, 0.5) is 4.79 Å². The van der Waals surface area contributed by atoms with Crippen LogP contribution in [0, 0.1) is 0 Å². The molecule has 1 atom stereocenters. The Bertz CT molecular complexity index is 534. The second-order valence-corrected chi connectivity index (χ2v) is 6.72. The fourth-order valence-electron chi connectivity index (χ4n) is 2.28. The van der Waals surface area contributed by atoms with E-state index in [1.54, 1.807) is 24.1 Å². The van der Waals surface area contributed by atoms with Gasteiger partial charge in [-0.3, -0.25) is 0 Å². The zero-order valence-corrected chi connectivity index (χ0v) is 14.2. The Balaban J connectivity index is 1.85. The third-order valence-electron chi connectivity index (χ3n) is 3.45. The van der Waals surface area contributed by atoms with Gasteiger partial charge in [0.1, 0.15) is 11.7 Å². The molecule has 1 aliphatic heterocycles. The molecule has 1 aromatic rings. The number of hydrogen-bond acceptors (Lipinski definition) is 6. The van der Waals surface area contributed by atoms with Crippen LogP contribution in [0.2, 0.25) is 0 Å². The van der Waals surface area contributed by atoms with E-state index in [2.05, 4.69) is 9.97 Å². The first-order valence-electron chi connectivity index (χ1n) is 7.90. The molecule has 7 nitrogen and oxygen atoms in total. The molecule has 0 radical (unpaired) electrons. The maximum atomic E-state index is 12.0. The van der Waals surface area contributed by atoms with Gasteiger partial charge in [0.25, 0.3) is 0 Å². The zero-order valence-electron chi connectivity index (χ0n) is 14.2. The number of aliphatic hydroxyl groups is 1. The van der Waals surface area contributed by atoms with Gasteiger partial charge >= 0.3 is 12.1 Å². The lowest BCUT2D eigenvalue weighted by Gasteiger charge is -2.33. The highest BCUT2D eigenvalue weighted by Crippen LogP contribution is 2.19. The van der Waals surface area contributed by atoms with Crippen LogP contribution in [-0.2, 0) is 4.74 Å². The van der Waals surface area contributed by atoms with Crippen LogP contribution in [0.25, 0.3) is 0 Å². The van der Waals surface area contributed by atoms with Gasteiger partial charge < -0.3 is 19.5 Å². The Morgan fingerprint density at radius 3 is 2.61 bits per heavy atom. The summed E-state index contributed by atoms with van der Waals surface area (Å²) < 4.78 is 11.1. The molecule has 0 bridgehead atoms. The first-order valence-corrected chi connectivity index (χ1v) is 7.90. The van der Waals surface area contributed by atoms with Crippen molar-refractivity contribution in [1.82, 2.24) is 14.9 Å². The van der Waals surface area contributed by atoms with Crippen LogP contribution in [0.15, 0.2) is 12.3 Å². The van der Waals surface area contributed by atoms with Crippen molar-refractivity contribution >= 4 is 6.09 Å². The predicted molar refractivity (Wildman–Crippen MR) is 84.1 cm³/mol. The molecule has 0 aliphatic carbocycles. The van der Waals surface area contributed by atoms with E-state index in [1.165, 1.54) is 0 Å². The molecule has 2 heterocycles. The van der Waals surface area contributed by atoms with Gasteiger partial charge in [-0.1, -0.05) is 0 Å². The molecule has 1 N–H and O–H groups in total. The topological polar surface area (TPSA) is 84.8 Å². The molecule has 1 aromatic heterocycles. The number of carbonyl (C=O) groups excluding carboxylic acids is 1. The van der Waals surface area contributed by atoms with Crippen molar-refractivity contribution in [3.63, 3.8) is 0 Å². The van der Waals surface area contributed by atoms with Gasteiger partial charge in [0, 0.05) is 32.1 Å². The van der Waals surface area contributed by atoms with Crippen molar-refractivity contribution < 1.29 is 19.4 Å². The highest BCUT2D eigenvalue weighted by Gasteiger charge is 2.28. The van der Waals surface area contributed by atoms with Crippen LogP contribution >= 0.6 is 0 Å². The molecule has 1 fully saturated rings. The maximum absolute atomic E-state index is 12.0. The Hall–Kier alpha value is -1.89. The molecule has 1 aliphatic rings. The van der Waals surface area contributed by atoms with Crippen molar-refractivity contribution in [2.45, 2.75) is 58.3 Å². The van der Waals surface area contributed by atoms with E-state index in [0.29, 0.717) is 31.6 Å². The highest BCUT2D eigenvalue weighted by molar-refractivity contribution is 5.68. The van der Waals surface area contributed by atoms with E-state index in [0.717, 1.165) is 0 Å². The summed E-state index contributed by atoms with van der Waals surface area (Å²) in [6, 6.07) is 1.92. The van der Waals surface area contributed by atoms with Gasteiger partial charge in [-0.2, -0.15) is 4.98 Å². The molecular weight excluding hydrogens is 298 g/mol. The number of hydrogen-bond donors (Lipinski definition) is 1. The summed E-state index contributed by atoms with van der Waals surface area (Å²) in [5.41, 5.74) is 0.0425. The summed E-state index contributed by atoms with van der Waals surface area (Å²) in [7, 11) is 0. The fraction of sp³-hybridized carbons (Fsp3) is 0.688. The summed E-state index contributed by atoms with van der Waals surface area (Å²) in [5.74, 6) is 0. The number of carbonyl (C=O) groups is 1. The normalized spacial score (nSPS) is 17.7. The molecule has 23 heavy (non-hydrogen) atoms. The average molecular weight is 323 g/mol. The molecule has 7 heteroatoms.